The monoisotopic (exact) mass is 559 g/mol. The molecule has 1 N–H and O–H groups in total. The zero-order chi connectivity index (χ0) is 28.0. The maximum atomic E-state index is 13.6. The average Bonchev–Trinajstić information content (AvgIpc) is 3.24. The van der Waals surface area contributed by atoms with Gasteiger partial charge in [0.05, 0.1) is 29.4 Å². The number of para-hydroxylation sites is 1. The van der Waals surface area contributed by atoms with Gasteiger partial charge in [0.1, 0.15) is 17.2 Å². The summed E-state index contributed by atoms with van der Waals surface area (Å²) in [5.74, 6) is -0.761. The second kappa shape index (κ2) is 9.76. The van der Waals surface area contributed by atoms with Gasteiger partial charge >= 0.3 is 0 Å². The van der Waals surface area contributed by atoms with Crippen LogP contribution < -0.4 is 13.9 Å². The molecule has 4 rings (SSSR count). The predicted molar refractivity (Wildman–Crippen MR) is 147 cm³/mol. The van der Waals surface area contributed by atoms with Crippen LogP contribution in [0.1, 0.15) is 10.4 Å². The maximum Gasteiger partial charge on any atom is 0.255 e. The van der Waals surface area contributed by atoms with Gasteiger partial charge in [-0.2, -0.15) is 0 Å². The minimum atomic E-state index is -3.76. The van der Waals surface area contributed by atoms with Gasteiger partial charge in [0.25, 0.3) is 5.91 Å². The second-order valence-corrected chi connectivity index (χ2v) is 12.8. The molecular weight excluding hydrogens is 533 g/mol. The highest BCUT2D eigenvalue weighted by Crippen LogP contribution is 2.43. The number of benzene rings is 3. The number of sulfonamides is 2. The molecule has 4 aromatic rings. The third-order valence-electron chi connectivity index (χ3n) is 6.23. The van der Waals surface area contributed by atoms with Crippen LogP contribution in [0.2, 0.25) is 0 Å². The first-order valence-corrected chi connectivity index (χ1v) is 15.0. The number of amides is 1. The maximum absolute atomic E-state index is 13.6. The van der Waals surface area contributed by atoms with Crippen molar-refractivity contribution in [1.82, 2.24) is 5.32 Å². The molecular formula is C26H26FN3O6S2. The Labute approximate surface area is 220 Å². The van der Waals surface area contributed by atoms with Gasteiger partial charge in [-0.1, -0.05) is 18.2 Å². The molecule has 0 saturated carbocycles. The van der Waals surface area contributed by atoms with Gasteiger partial charge in [0.15, 0.2) is 0 Å². The Morgan fingerprint density at radius 3 is 2.00 bits per heavy atom. The predicted octanol–water partition coefficient (Wildman–Crippen LogP) is 4.06. The normalized spacial score (nSPS) is 11.9. The molecule has 9 nitrogen and oxygen atoms in total. The van der Waals surface area contributed by atoms with E-state index in [9.17, 15) is 26.0 Å². The van der Waals surface area contributed by atoms with Gasteiger partial charge in [-0.3, -0.25) is 13.4 Å². The van der Waals surface area contributed by atoms with Crippen LogP contribution in [0.15, 0.2) is 65.1 Å². The zero-order valence-corrected chi connectivity index (χ0v) is 22.9. The van der Waals surface area contributed by atoms with Crippen LogP contribution >= 0.6 is 0 Å². The number of carbonyl (C=O) groups excluding carboxylic acids is 1. The summed E-state index contributed by atoms with van der Waals surface area (Å²) in [7, 11) is -3.20. The lowest BCUT2D eigenvalue weighted by molar-refractivity contribution is 0.0964. The molecule has 0 aliphatic carbocycles. The van der Waals surface area contributed by atoms with Gasteiger partial charge in [-0.25, -0.2) is 21.2 Å². The molecule has 0 spiro atoms. The van der Waals surface area contributed by atoms with Crippen molar-refractivity contribution < 1.29 is 30.4 Å². The second-order valence-electron chi connectivity index (χ2n) is 8.74. The quantitative estimate of drug-likeness (QED) is 0.365. The van der Waals surface area contributed by atoms with E-state index in [1.165, 1.54) is 51.5 Å². The van der Waals surface area contributed by atoms with E-state index in [0.29, 0.717) is 27.8 Å². The molecule has 0 saturated heterocycles. The fourth-order valence-electron chi connectivity index (χ4n) is 4.10. The number of halogens is 1. The molecule has 0 bridgehead atoms. The highest BCUT2D eigenvalue weighted by atomic mass is 32.2. The lowest BCUT2D eigenvalue weighted by atomic mass is 9.97. The van der Waals surface area contributed by atoms with Crippen LogP contribution in [-0.4, -0.2) is 56.4 Å². The molecule has 0 aliphatic heterocycles. The molecule has 0 aliphatic rings. The molecule has 1 aromatic heterocycles. The molecule has 12 heteroatoms. The fourth-order valence-corrected chi connectivity index (χ4v) is 5.12. The Morgan fingerprint density at radius 2 is 1.42 bits per heavy atom. The number of anilines is 2. The van der Waals surface area contributed by atoms with Crippen molar-refractivity contribution in [3.8, 4) is 22.5 Å². The van der Waals surface area contributed by atoms with Crippen LogP contribution in [0.25, 0.3) is 33.4 Å². The van der Waals surface area contributed by atoms with Crippen molar-refractivity contribution in [2.45, 2.75) is 0 Å². The Bertz CT molecular complexity index is 1760. The number of furan rings is 1. The molecule has 0 fully saturated rings. The molecule has 0 unspecified atom stereocenters. The molecule has 0 atom stereocenters. The summed E-state index contributed by atoms with van der Waals surface area (Å²) < 4.78 is 71.8. The first-order valence-electron chi connectivity index (χ1n) is 11.3. The molecule has 200 valence electrons. The first kappa shape index (κ1) is 27.1. The Balaban J connectivity index is 2.13. The minimum Gasteiger partial charge on any atom is -0.455 e. The Morgan fingerprint density at radius 1 is 0.842 bits per heavy atom. The molecule has 38 heavy (non-hydrogen) atoms. The summed E-state index contributed by atoms with van der Waals surface area (Å²) in [5.41, 5.74) is 2.11. The van der Waals surface area contributed by atoms with E-state index in [-0.39, 0.29) is 22.6 Å². The van der Waals surface area contributed by atoms with E-state index in [4.69, 9.17) is 4.42 Å². The summed E-state index contributed by atoms with van der Waals surface area (Å²) in [6.45, 7) is 0. The summed E-state index contributed by atoms with van der Waals surface area (Å²) in [4.78, 5) is 13.0. The Hall–Kier alpha value is -3.90. The average molecular weight is 560 g/mol. The summed E-state index contributed by atoms with van der Waals surface area (Å²) in [6, 6.07) is 15.1. The number of hydrogen-bond acceptors (Lipinski definition) is 6. The standard InChI is InChI=1S/C26H26FN3O6S2/c1-28-26(31)24-20-14-19(18-8-6-7-9-21(18)29(2)37(4,32)33)22(30(3)38(5,34)35)15-23(20)36-25(24)16-10-12-17(27)13-11-16/h6-15H,1-5H3,(H,28,31). The van der Waals surface area contributed by atoms with Crippen LogP contribution in [0, 0.1) is 5.82 Å². The topological polar surface area (TPSA) is 117 Å². The smallest absolute Gasteiger partial charge is 0.255 e. The van der Waals surface area contributed by atoms with Crippen molar-refractivity contribution in [2.75, 3.05) is 42.3 Å². The van der Waals surface area contributed by atoms with Crippen molar-refractivity contribution in [2.24, 2.45) is 0 Å². The highest BCUT2D eigenvalue weighted by molar-refractivity contribution is 7.92. The van der Waals surface area contributed by atoms with Crippen molar-refractivity contribution in [3.63, 3.8) is 0 Å². The fraction of sp³-hybridized carbons (Fsp3) is 0.192. The lowest BCUT2D eigenvalue weighted by Crippen LogP contribution is -2.27. The van der Waals surface area contributed by atoms with E-state index in [1.807, 2.05) is 0 Å². The number of fused-ring (bicyclic) bond motifs is 1. The van der Waals surface area contributed by atoms with E-state index in [2.05, 4.69) is 5.32 Å². The number of nitrogens with one attached hydrogen (secondary N) is 1. The highest BCUT2D eigenvalue weighted by Gasteiger charge is 2.27. The third-order valence-corrected chi connectivity index (χ3v) is 8.62. The summed E-state index contributed by atoms with van der Waals surface area (Å²) >= 11 is 0. The van der Waals surface area contributed by atoms with E-state index >= 15 is 0 Å². The molecule has 0 radical (unpaired) electrons. The third kappa shape index (κ3) is 4.96. The molecule has 1 amide bonds. The zero-order valence-electron chi connectivity index (χ0n) is 21.3. The largest absolute Gasteiger partial charge is 0.455 e. The number of carbonyl (C=O) groups is 1. The number of nitrogens with zero attached hydrogens (tertiary/aromatic N) is 2. The number of rotatable bonds is 7. The van der Waals surface area contributed by atoms with Gasteiger partial charge in [0.2, 0.25) is 20.0 Å². The first-order chi connectivity index (χ1) is 17.7. The van der Waals surface area contributed by atoms with Crippen molar-refractivity contribution in [1.29, 1.82) is 0 Å². The van der Waals surface area contributed by atoms with Crippen LogP contribution in [0.3, 0.4) is 0 Å². The molecule has 3 aromatic carbocycles. The SMILES string of the molecule is CNC(=O)c1c(-c2ccc(F)cc2)oc2cc(N(C)S(C)(=O)=O)c(-c3ccccc3N(C)S(C)(=O)=O)cc12. The minimum absolute atomic E-state index is 0.165. The Kier molecular flexibility index (Phi) is 6.97. The van der Waals surface area contributed by atoms with E-state index in [0.717, 1.165) is 21.1 Å². The van der Waals surface area contributed by atoms with E-state index < -0.39 is 31.8 Å². The summed E-state index contributed by atoms with van der Waals surface area (Å²) in [5, 5.41) is 2.95. The van der Waals surface area contributed by atoms with Gasteiger partial charge in [-0.05, 0) is 36.4 Å². The van der Waals surface area contributed by atoms with Crippen molar-refractivity contribution >= 4 is 48.3 Å². The van der Waals surface area contributed by atoms with Crippen LogP contribution in [-0.2, 0) is 20.0 Å². The van der Waals surface area contributed by atoms with Crippen LogP contribution in [0.4, 0.5) is 15.8 Å². The van der Waals surface area contributed by atoms with Crippen LogP contribution in [0.5, 0.6) is 0 Å². The lowest BCUT2D eigenvalue weighted by Gasteiger charge is -2.24. The van der Waals surface area contributed by atoms with Crippen molar-refractivity contribution in [3.05, 3.63) is 72.0 Å². The van der Waals surface area contributed by atoms with Gasteiger partial charge in [0, 0.05) is 49.3 Å². The van der Waals surface area contributed by atoms with E-state index in [1.54, 1.807) is 30.3 Å². The van der Waals surface area contributed by atoms with Gasteiger partial charge < -0.3 is 9.73 Å². The summed E-state index contributed by atoms with van der Waals surface area (Å²) in [6.07, 6.45) is 2.10. The number of hydrogen-bond donors (Lipinski definition) is 1. The van der Waals surface area contributed by atoms with Gasteiger partial charge in [-0.15, -0.1) is 0 Å². The molecule has 1 heterocycles.